The van der Waals surface area contributed by atoms with E-state index in [0.29, 0.717) is 10.1 Å². The molecular weight excluding hydrogens is 272 g/mol. The summed E-state index contributed by atoms with van der Waals surface area (Å²) in [6, 6.07) is 0. The lowest BCUT2D eigenvalue weighted by molar-refractivity contribution is 0.181. The summed E-state index contributed by atoms with van der Waals surface area (Å²) in [5.41, 5.74) is 10.0. The van der Waals surface area contributed by atoms with E-state index < -0.39 is 0 Å². The third-order valence-electron chi connectivity index (χ3n) is 4.81. The molecule has 0 aromatic carbocycles. The van der Waals surface area contributed by atoms with Gasteiger partial charge < -0.3 is 10.7 Å². The van der Waals surface area contributed by atoms with Crippen LogP contribution < -0.4 is 5.73 Å². The van der Waals surface area contributed by atoms with E-state index in [-0.39, 0.29) is 0 Å². The fraction of sp³-hybridized carbons (Fsp3) is 0.667. The van der Waals surface area contributed by atoms with E-state index in [9.17, 15) is 0 Å². The number of anilines is 1. The Balaban J connectivity index is 2.45. The van der Waals surface area contributed by atoms with Crippen LogP contribution in [0, 0.1) is 16.0 Å². The van der Waals surface area contributed by atoms with Gasteiger partial charge in [0.15, 0.2) is 0 Å². The highest BCUT2D eigenvalue weighted by molar-refractivity contribution is 7.98. The minimum atomic E-state index is 0.398. The second-order valence-corrected chi connectivity index (χ2v) is 7.36. The highest BCUT2D eigenvalue weighted by Gasteiger charge is 2.32. The predicted molar refractivity (Wildman–Crippen MR) is 87.4 cm³/mol. The highest BCUT2D eigenvalue weighted by Crippen LogP contribution is 2.42. The zero-order valence-corrected chi connectivity index (χ0v) is 13.9. The molecule has 0 saturated carbocycles. The van der Waals surface area contributed by atoms with Crippen LogP contribution >= 0.6 is 24.0 Å². The van der Waals surface area contributed by atoms with E-state index in [0.717, 1.165) is 24.4 Å². The first kappa shape index (κ1) is 14.9. The largest absolute Gasteiger partial charge is 0.395 e. The molecule has 1 heterocycles. The molecular formula is C15H24N2S2. The Kier molecular flexibility index (Phi) is 4.31. The number of rotatable bonds is 3. The number of nitrogens with one attached hydrogen (secondary N) is 1. The van der Waals surface area contributed by atoms with Crippen molar-refractivity contribution in [1.82, 2.24) is 4.98 Å². The molecule has 1 aliphatic carbocycles. The molecule has 1 atom stereocenters. The van der Waals surface area contributed by atoms with E-state index in [1.165, 1.54) is 29.0 Å². The van der Waals surface area contributed by atoms with Crippen LogP contribution in [-0.2, 0) is 12.8 Å². The minimum absolute atomic E-state index is 0.398. The zero-order chi connectivity index (χ0) is 14.2. The average Bonchev–Trinajstić information content (AvgIpc) is 2.40. The van der Waals surface area contributed by atoms with E-state index in [2.05, 4.69) is 32.0 Å². The maximum Gasteiger partial charge on any atom is 0.127 e. The molecule has 1 aromatic heterocycles. The van der Waals surface area contributed by atoms with Crippen LogP contribution in [0.3, 0.4) is 0 Å². The lowest BCUT2D eigenvalue weighted by Crippen LogP contribution is -2.30. The van der Waals surface area contributed by atoms with Crippen LogP contribution in [0.2, 0.25) is 0 Å². The van der Waals surface area contributed by atoms with Gasteiger partial charge in [-0.1, -0.05) is 39.4 Å². The van der Waals surface area contributed by atoms with Crippen LogP contribution in [0.25, 0.3) is 0 Å². The SMILES string of the molecule is CCC(C)(C)C1CCc2[nH]c(=S)c(N)c(SC)c2C1. The Morgan fingerprint density at radius 2 is 2.16 bits per heavy atom. The predicted octanol–water partition coefficient (Wildman–Crippen LogP) is 4.59. The summed E-state index contributed by atoms with van der Waals surface area (Å²) in [6.45, 7) is 7.06. The Hall–Kier alpha value is -0.480. The van der Waals surface area contributed by atoms with E-state index in [4.69, 9.17) is 18.0 Å². The highest BCUT2D eigenvalue weighted by atomic mass is 32.2. The number of H-pyrrole nitrogens is 1. The molecule has 1 aliphatic rings. The van der Waals surface area contributed by atoms with Crippen molar-refractivity contribution in [2.45, 2.75) is 51.3 Å². The number of nitrogens with two attached hydrogens (primary N) is 1. The molecule has 1 unspecified atom stereocenters. The normalized spacial score (nSPS) is 19.3. The van der Waals surface area contributed by atoms with Crippen molar-refractivity contribution < 1.29 is 0 Å². The maximum absolute atomic E-state index is 6.15. The fourth-order valence-corrected chi connectivity index (χ4v) is 4.03. The van der Waals surface area contributed by atoms with E-state index >= 15 is 0 Å². The Morgan fingerprint density at radius 3 is 2.74 bits per heavy atom. The van der Waals surface area contributed by atoms with Gasteiger partial charge in [-0.05, 0) is 42.4 Å². The van der Waals surface area contributed by atoms with Gasteiger partial charge in [0.2, 0.25) is 0 Å². The molecule has 0 radical (unpaired) electrons. The van der Waals surface area contributed by atoms with Crippen LogP contribution in [0.1, 0.15) is 44.9 Å². The number of nitrogen functional groups attached to an aromatic ring is 1. The van der Waals surface area contributed by atoms with Crippen LogP contribution in [0.4, 0.5) is 5.69 Å². The number of fused-ring (bicyclic) bond motifs is 1. The quantitative estimate of drug-likeness (QED) is 0.633. The van der Waals surface area contributed by atoms with E-state index in [1.807, 2.05) is 0 Å². The average molecular weight is 297 g/mol. The van der Waals surface area contributed by atoms with Gasteiger partial charge in [-0.3, -0.25) is 0 Å². The van der Waals surface area contributed by atoms with Gasteiger partial charge in [0, 0.05) is 10.6 Å². The van der Waals surface area contributed by atoms with Crippen LogP contribution in [0.5, 0.6) is 0 Å². The van der Waals surface area contributed by atoms with Crippen molar-refractivity contribution >= 4 is 29.7 Å². The first-order valence-corrected chi connectivity index (χ1v) is 8.61. The first-order chi connectivity index (χ1) is 8.90. The molecule has 0 saturated heterocycles. The molecule has 0 aliphatic heterocycles. The van der Waals surface area contributed by atoms with Gasteiger partial charge in [0.25, 0.3) is 0 Å². The number of aromatic amines is 1. The third kappa shape index (κ3) is 2.70. The Morgan fingerprint density at radius 1 is 1.47 bits per heavy atom. The Bertz CT molecular complexity index is 532. The number of aryl methyl sites for hydroxylation is 1. The monoisotopic (exact) mass is 296 g/mol. The summed E-state index contributed by atoms with van der Waals surface area (Å²) in [5, 5.41) is 0. The second-order valence-electron chi connectivity index (χ2n) is 6.14. The molecule has 4 heteroatoms. The molecule has 19 heavy (non-hydrogen) atoms. The summed E-state index contributed by atoms with van der Waals surface area (Å²) in [6.07, 6.45) is 6.79. The molecule has 106 valence electrons. The van der Waals surface area contributed by atoms with E-state index in [1.54, 1.807) is 11.8 Å². The van der Waals surface area contributed by atoms with Gasteiger partial charge in [-0.2, -0.15) is 0 Å². The molecule has 0 fully saturated rings. The number of hydrogen-bond donors (Lipinski definition) is 2. The van der Waals surface area contributed by atoms with Gasteiger partial charge in [-0.25, -0.2) is 0 Å². The summed E-state index contributed by atoms with van der Waals surface area (Å²) < 4.78 is 0.705. The zero-order valence-electron chi connectivity index (χ0n) is 12.3. The first-order valence-electron chi connectivity index (χ1n) is 6.98. The fourth-order valence-electron chi connectivity index (χ4n) is 2.97. The van der Waals surface area contributed by atoms with Gasteiger partial charge in [0.1, 0.15) is 4.64 Å². The number of hydrogen-bond acceptors (Lipinski definition) is 3. The topological polar surface area (TPSA) is 41.8 Å². The van der Waals surface area contributed by atoms with Gasteiger partial charge in [-0.15, -0.1) is 11.8 Å². The van der Waals surface area contributed by atoms with Gasteiger partial charge >= 0.3 is 0 Å². The van der Waals surface area contributed by atoms with Crippen molar-refractivity contribution in [2.24, 2.45) is 11.3 Å². The van der Waals surface area contributed by atoms with Crippen molar-refractivity contribution in [3.05, 3.63) is 15.9 Å². The molecule has 0 bridgehead atoms. The third-order valence-corrected chi connectivity index (χ3v) is 6.00. The molecule has 0 amide bonds. The molecule has 2 rings (SSSR count). The Labute approximate surface area is 125 Å². The maximum atomic E-state index is 6.15. The molecule has 3 N–H and O–H groups in total. The summed E-state index contributed by atoms with van der Waals surface area (Å²) in [7, 11) is 0. The summed E-state index contributed by atoms with van der Waals surface area (Å²) in [4.78, 5) is 4.54. The van der Waals surface area contributed by atoms with Gasteiger partial charge in [0.05, 0.1) is 5.69 Å². The lowest BCUT2D eigenvalue weighted by Gasteiger charge is -2.37. The lowest BCUT2D eigenvalue weighted by atomic mass is 9.69. The smallest absolute Gasteiger partial charge is 0.127 e. The van der Waals surface area contributed by atoms with Crippen molar-refractivity contribution in [2.75, 3.05) is 12.0 Å². The number of pyridine rings is 1. The van der Waals surface area contributed by atoms with Crippen molar-refractivity contribution in [3.8, 4) is 0 Å². The summed E-state index contributed by atoms with van der Waals surface area (Å²) >= 11 is 7.06. The standard InChI is InChI=1S/C15H24N2S2/c1-5-15(2,3)9-6-7-11-10(8-9)13(19-4)12(16)14(18)17-11/h9H,5-8,16H2,1-4H3,(H,17,18). The van der Waals surface area contributed by atoms with Crippen LogP contribution in [-0.4, -0.2) is 11.2 Å². The molecule has 0 spiro atoms. The summed E-state index contributed by atoms with van der Waals surface area (Å²) in [5.74, 6) is 0.736. The number of thioether (sulfide) groups is 1. The van der Waals surface area contributed by atoms with Crippen molar-refractivity contribution in [3.63, 3.8) is 0 Å². The minimum Gasteiger partial charge on any atom is -0.395 e. The van der Waals surface area contributed by atoms with Crippen molar-refractivity contribution in [1.29, 1.82) is 0 Å². The van der Waals surface area contributed by atoms with Crippen LogP contribution in [0.15, 0.2) is 4.90 Å². The number of aromatic nitrogens is 1. The molecule has 1 aromatic rings. The molecule has 2 nitrogen and oxygen atoms in total. The second kappa shape index (κ2) is 5.49.